The number of carbonyl (C=O) groups is 4. The van der Waals surface area contributed by atoms with E-state index in [9.17, 15) is 24.3 Å². The first kappa shape index (κ1) is 35.5. The zero-order valence-electron chi connectivity index (χ0n) is 28.0. The molecular weight excluding hydrogens is 702 g/mol. The maximum Gasteiger partial charge on any atom is 0.408 e. The molecule has 3 atom stereocenters. The van der Waals surface area contributed by atoms with Crippen molar-refractivity contribution in [2.24, 2.45) is 11.3 Å². The van der Waals surface area contributed by atoms with Crippen LogP contribution in [0, 0.1) is 18.3 Å². The van der Waals surface area contributed by atoms with E-state index in [1.54, 1.807) is 25.3 Å². The number of aryl methyl sites for hydroxylation is 1. The second kappa shape index (κ2) is 14.4. The third-order valence-corrected chi connectivity index (χ3v) is 10.4. The summed E-state index contributed by atoms with van der Waals surface area (Å²) >= 11 is 4.94. The van der Waals surface area contributed by atoms with Gasteiger partial charge in [0.25, 0.3) is 0 Å². The lowest BCUT2D eigenvalue weighted by Gasteiger charge is -2.34. The molecule has 2 fully saturated rings. The van der Waals surface area contributed by atoms with Crippen LogP contribution in [-0.4, -0.2) is 74.7 Å². The summed E-state index contributed by atoms with van der Waals surface area (Å²) in [4.78, 5) is 62.3. The molecule has 0 radical (unpaired) electrons. The Morgan fingerprint density at radius 3 is 2.44 bits per heavy atom. The van der Waals surface area contributed by atoms with Crippen molar-refractivity contribution < 1.29 is 33.8 Å². The first-order chi connectivity index (χ1) is 22.6. The van der Waals surface area contributed by atoms with Crippen LogP contribution in [0.15, 0.2) is 28.1 Å². The molecular formula is C34H42BrN5O7S. The van der Waals surface area contributed by atoms with Crippen molar-refractivity contribution in [3.05, 3.63) is 33.6 Å². The van der Waals surface area contributed by atoms with Crippen LogP contribution in [0.3, 0.4) is 0 Å². The minimum atomic E-state index is -1.16. The van der Waals surface area contributed by atoms with Crippen LogP contribution >= 0.6 is 27.3 Å². The number of pyridine rings is 1. The molecule has 12 nitrogen and oxygen atoms in total. The highest BCUT2D eigenvalue weighted by Gasteiger charge is 2.46. The Morgan fingerprint density at radius 2 is 1.79 bits per heavy atom. The monoisotopic (exact) mass is 743 g/mol. The lowest BCUT2D eigenvalue weighted by molar-refractivity contribution is -0.150. The Kier molecular flexibility index (Phi) is 10.6. The van der Waals surface area contributed by atoms with Gasteiger partial charge in [-0.3, -0.25) is 9.59 Å². The number of aliphatic carboxylic acids is 1. The Hall–Kier alpha value is -3.78. The average Bonchev–Trinajstić information content (AvgIpc) is 3.79. The summed E-state index contributed by atoms with van der Waals surface area (Å²) in [7, 11) is 0. The second-order valence-corrected chi connectivity index (χ2v) is 15.5. The van der Waals surface area contributed by atoms with Gasteiger partial charge in [-0.15, -0.1) is 11.3 Å². The van der Waals surface area contributed by atoms with Crippen molar-refractivity contribution in [1.29, 1.82) is 0 Å². The molecule has 258 valence electrons. The Balaban J connectivity index is 1.42. The van der Waals surface area contributed by atoms with Crippen LogP contribution in [0.5, 0.6) is 5.75 Å². The van der Waals surface area contributed by atoms with Gasteiger partial charge < -0.3 is 30.1 Å². The molecule has 3 aromatic rings. The molecule has 3 amide bonds. The second-order valence-electron chi connectivity index (χ2n) is 13.9. The van der Waals surface area contributed by atoms with Crippen molar-refractivity contribution in [3.63, 3.8) is 0 Å². The number of alkyl carbamates (subject to hydrolysis) is 1. The number of benzene rings is 1. The van der Waals surface area contributed by atoms with Gasteiger partial charge in [-0.25, -0.2) is 19.6 Å². The van der Waals surface area contributed by atoms with E-state index in [0.29, 0.717) is 33.2 Å². The van der Waals surface area contributed by atoms with Crippen molar-refractivity contribution >= 4 is 67.2 Å². The predicted octanol–water partition coefficient (Wildman–Crippen LogP) is 6.54. The van der Waals surface area contributed by atoms with E-state index < -0.39 is 41.6 Å². The molecule has 3 N–H and O–H groups in total. The fourth-order valence-corrected chi connectivity index (χ4v) is 7.06. The zero-order valence-corrected chi connectivity index (χ0v) is 30.4. The van der Waals surface area contributed by atoms with Crippen LogP contribution in [0.25, 0.3) is 22.3 Å². The normalized spacial score (nSPS) is 19.0. The molecule has 14 heteroatoms. The smallest absolute Gasteiger partial charge is 0.408 e. The van der Waals surface area contributed by atoms with Gasteiger partial charge in [0.1, 0.15) is 35.7 Å². The molecule has 1 saturated carbocycles. The van der Waals surface area contributed by atoms with Crippen LogP contribution in [0.2, 0.25) is 0 Å². The standard InChI is InChI=1S/C34H42BrN5O7S/c1-17(2)29(41)39-32-37-23(16-48-32)22-14-25(21-12-11-18(3)26(35)27(21)36-22)46-20-13-24(31(43)44)40(15-20)30(42)28(34(4,5)6)38-33(45)47-19-9-7-8-10-19/h11-12,14,16-17,19-20,24,28H,7-10,13,15H2,1-6H3,(H,38,45)(H,43,44)(H,37,39,41)/t20-,24-,28+/m0/s1. The number of nitrogens with zero attached hydrogens (tertiary/aromatic N) is 3. The summed E-state index contributed by atoms with van der Waals surface area (Å²) < 4.78 is 12.9. The van der Waals surface area contributed by atoms with Crippen molar-refractivity contribution in [2.45, 2.75) is 97.9 Å². The molecule has 48 heavy (non-hydrogen) atoms. The number of hydrogen-bond acceptors (Lipinski definition) is 9. The number of anilines is 1. The summed E-state index contributed by atoms with van der Waals surface area (Å²) in [5.41, 5.74) is 1.89. The minimum absolute atomic E-state index is 0.00397. The topological polar surface area (TPSA) is 160 Å². The van der Waals surface area contributed by atoms with Gasteiger partial charge in [0.05, 0.1) is 17.8 Å². The minimum Gasteiger partial charge on any atom is -0.488 e. The Morgan fingerprint density at radius 1 is 1.08 bits per heavy atom. The van der Waals surface area contributed by atoms with E-state index in [4.69, 9.17) is 14.5 Å². The number of thiazole rings is 1. The molecule has 5 rings (SSSR count). The highest BCUT2D eigenvalue weighted by atomic mass is 79.9. The maximum atomic E-state index is 14.0. The molecule has 0 unspecified atom stereocenters. The molecule has 2 aromatic heterocycles. The first-order valence-electron chi connectivity index (χ1n) is 16.2. The number of hydrogen-bond donors (Lipinski definition) is 3. The third-order valence-electron chi connectivity index (χ3n) is 8.67. The highest BCUT2D eigenvalue weighted by molar-refractivity contribution is 9.10. The van der Waals surface area contributed by atoms with Crippen molar-refractivity contribution in [2.75, 3.05) is 11.9 Å². The maximum absolute atomic E-state index is 14.0. The number of aromatic nitrogens is 2. The van der Waals surface area contributed by atoms with Crippen molar-refractivity contribution in [1.82, 2.24) is 20.2 Å². The van der Waals surface area contributed by atoms with Crippen LogP contribution in [0.1, 0.15) is 72.3 Å². The number of ether oxygens (including phenoxy) is 2. The molecule has 1 aliphatic carbocycles. The largest absolute Gasteiger partial charge is 0.488 e. The lowest BCUT2D eigenvalue weighted by atomic mass is 9.85. The van der Waals surface area contributed by atoms with E-state index in [1.807, 2.05) is 39.8 Å². The van der Waals surface area contributed by atoms with Crippen LogP contribution in [-0.2, 0) is 19.1 Å². The van der Waals surface area contributed by atoms with Gasteiger partial charge in [-0.05, 0) is 65.6 Å². The summed E-state index contributed by atoms with van der Waals surface area (Å²) in [5, 5.41) is 18.7. The number of fused-ring (bicyclic) bond motifs is 1. The number of rotatable bonds is 9. The van der Waals surface area contributed by atoms with Crippen molar-refractivity contribution in [3.8, 4) is 17.1 Å². The van der Waals surface area contributed by atoms with Gasteiger partial charge in [0, 0.05) is 33.6 Å². The lowest BCUT2D eigenvalue weighted by Crippen LogP contribution is -2.57. The average molecular weight is 745 g/mol. The molecule has 1 saturated heterocycles. The summed E-state index contributed by atoms with van der Waals surface area (Å²) in [6.07, 6.45) is 2.05. The van der Waals surface area contributed by atoms with Crippen LogP contribution in [0.4, 0.5) is 9.93 Å². The predicted molar refractivity (Wildman–Crippen MR) is 186 cm³/mol. The highest BCUT2D eigenvalue weighted by Crippen LogP contribution is 2.38. The third kappa shape index (κ3) is 7.91. The van der Waals surface area contributed by atoms with E-state index in [0.717, 1.165) is 35.7 Å². The summed E-state index contributed by atoms with van der Waals surface area (Å²) in [5.74, 6) is -1.57. The van der Waals surface area contributed by atoms with Gasteiger partial charge in [0.2, 0.25) is 11.8 Å². The number of nitrogens with one attached hydrogen (secondary N) is 2. The van der Waals surface area contributed by atoms with Gasteiger partial charge in [0.15, 0.2) is 5.13 Å². The summed E-state index contributed by atoms with van der Waals surface area (Å²) in [6, 6.07) is 3.38. The molecule has 3 heterocycles. The van der Waals surface area contributed by atoms with E-state index in [2.05, 4.69) is 31.5 Å². The van der Waals surface area contributed by atoms with Gasteiger partial charge >= 0.3 is 12.1 Å². The van der Waals surface area contributed by atoms with E-state index >= 15 is 0 Å². The Bertz CT molecular complexity index is 1720. The fraction of sp³-hybridized carbons (Fsp3) is 0.529. The number of carbonyl (C=O) groups excluding carboxylic acids is 3. The quantitative estimate of drug-likeness (QED) is 0.221. The Labute approximate surface area is 292 Å². The number of amides is 3. The van der Waals surface area contributed by atoms with E-state index in [-0.39, 0.29) is 30.9 Å². The van der Waals surface area contributed by atoms with E-state index in [1.165, 1.54) is 16.2 Å². The molecule has 0 spiro atoms. The van der Waals surface area contributed by atoms with Crippen LogP contribution < -0.4 is 15.4 Å². The number of halogens is 1. The molecule has 1 aromatic carbocycles. The first-order valence-corrected chi connectivity index (χ1v) is 17.8. The summed E-state index contributed by atoms with van der Waals surface area (Å²) in [6.45, 7) is 11.0. The molecule has 1 aliphatic heterocycles. The number of carboxylic acids is 1. The number of carboxylic acid groups (broad SMARTS) is 1. The molecule has 0 bridgehead atoms. The van der Waals surface area contributed by atoms with Gasteiger partial charge in [-0.1, -0.05) is 40.7 Å². The fourth-order valence-electron chi connectivity index (χ4n) is 5.92. The SMILES string of the molecule is Cc1ccc2c(O[C@H]3C[C@@H](C(=O)O)N(C(=O)[C@@H](NC(=O)OC4CCCC4)C(C)(C)C)C3)cc(-c3csc(NC(=O)C(C)C)n3)nc2c1Br. The molecule has 2 aliphatic rings. The zero-order chi connectivity index (χ0) is 34.9. The van der Waals surface area contributed by atoms with Gasteiger partial charge in [-0.2, -0.15) is 0 Å². The number of likely N-dealkylation sites (tertiary alicyclic amines) is 1.